The highest BCUT2D eigenvalue weighted by molar-refractivity contribution is 5.51. The van der Waals surface area contributed by atoms with Crippen LogP contribution >= 0.6 is 0 Å². The van der Waals surface area contributed by atoms with Gasteiger partial charge in [-0.2, -0.15) is 0 Å². The molecule has 2 heteroatoms. The van der Waals surface area contributed by atoms with Gasteiger partial charge in [0.05, 0.1) is 0 Å². The van der Waals surface area contributed by atoms with Crippen molar-refractivity contribution >= 4 is 5.69 Å². The molecule has 38 heavy (non-hydrogen) atoms. The Morgan fingerprint density at radius 3 is 1.37 bits per heavy atom. The normalized spacial score (nSPS) is 15.2. The Bertz CT molecular complexity index is 655. The summed E-state index contributed by atoms with van der Waals surface area (Å²) in [6.07, 6.45) is 39.2. The minimum absolute atomic E-state index is 0.503. The van der Waals surface area contributed by atoms with Crippen LogP contribution in [0.3, 0.4) is 0 Å². The molecule has 0 N–H and O–H groups in total. The van der Waals surface area contributed by atoms with Gasteiger partial charge in [-0.3, -0.25) is 0 Å². The molecular weight excluding hydrogens is 460 g/mol. The lowest BCUT2D eigenvalue weighted by molar-refractivity contribution is 0.273. The number of anilines is 1. The molecule has 1 heterocycles. The Kier molecular flexibility index (Phi) is 20.2. The molecule has 0 spiro atoms. The maximum Gasteiger partial charge on any atom is 0.105 e. The first-order chi connectivity index (χ1) is 18.9. The van der Waals surface area contributed by atoms with Gasteiger partial charge in [0.25, 0.3) is 0 Å². The van der Waals surface area contributed by atoms with Gasteiger partial charge in [-0.1, -0.05) is 167 Å². The summed E-state index contributed by atoms with van der Waals surface area (Å²) in [4.78, 5) is 5.16. The van der Waals surface area contributed by atoms with E-state index < -0.39 is 0 Å². The van der Waals surface area contributed by atoms with Gasteiger partial charge in [-0.05, 0) is 31.4 Å². The van der Waals surface area contributed by atoms with Gasteiger partial charge in [0, 0.05) is 24.6 Å². The molecule has 0 aliphatic carbocycles. The maximum atomic E-state index is 2.64. The summed E-state index contributed by atoms with van der Waals surface area (Å²) in [6.45, 7) is 5.82. The first-order valence-corrected chi connectivity index (χ1v) is 17.1. The van der Waals surface area contributed by atoms with E-state index in [1.54, 1.807) is 0 Å². The molecule has 0 bridgehead atoms. The lowest BCUT2D eigenvalue weighted by Gasteiger charge is -2.33. The molecule has 1 aliphatic heterocycles. The SMILES string of the molecule is CCCCCCCCCCCCCCC1N(CCCCCCCCCCCCC)C=CN1c1ccccc1. The average Bonchev–Trinajstić information content (AvgIpc) is 3.35. The number of hydrogen-bond acceptors (Lipinski definition) is 2. The molecule has 0 saturated heterocycles. The Balaban J connectivity index is 1.59. The molecule has 218 valence electrons. The second-order valence-corrected chi connectivity index (χ2v) is 12.0. The van der Waals surface area contributed by atoms with E-state index in [9.17, 15) is 0 Å². The smallest absolute Gasteiger partial charge is 0.105 e. The van der Waals surface area contributed by atoms with E-state index >= 15 is 0 Å². The van der Waals surface area contributed by atoms with Crippen molar-refractivity contribution in [3.8, 4) is 0 Å². The van der Waals surface area contributed by atoms with Crippen LogP contribution in [0.2, 0.25) is 0 Å². The molecule has 0 radical (unpaired) electrons. The predicted octanol–water partition coefficient (Wildman–Crippen LogP) is 12.0. The molecule has 1 atom stereocenters. The molecule has 2 rings (SSSR count). The first-order valence-electron chi connectivity index (χ1n) is 17.1. The van der Waals surface area contributed by atoms with Gasteiger partial charge in [0.2, 0.25) is 0 Å². The van der Waals surface area contributed by atoms with Crippen molar-refractivity contribution in [2.45, 2.75) is 174 Å². The van der Waals surface area contributed by atoms with E-state index in [0.29, 0.717) is 6.17 Å². The van der Waals surface area contributed by atoms with Crippen LogP contribution in [0.25, 0.3) is 0 Å². The molecular formula is C36H64N2. The third-order valence-corrected chi connectivity index (χ3v) is 8.51. The summed E-state index contributed by atoms with van der Waals surface area (Å²) in [5.74, 6) is 0. The van der Waals surface area contributed by atoms with Crippen molar-refractivity contribution in [3.05, 3.63) is 42.7 Å². The van der Waals surface area contributed by atoms with Crippen molar-refractivity contribution in [3.63, 3.8) is 0 Å². The molecule has 0 aromatic heterocycles. The number of unbranched alkanes of at least 4 members (excludes halogenated alkanes) is 21. The fraction of sp³-hybridized carbons (Fsp3) is 0.778. The topological polar surface area (TPSA) is 6.48 Å². The predicted molar refractivity (Wildman–Crippen MR) is 171 cm³/mol. The van der Waals surface area contributed by atoms with Crippen LogP contribution in [0, 0.1) is 0 Å². The van der Waals surface area contributed by atoms with Crippen molar-refractivity contribution in [2.24, 2.45) is 0 Å². The molecule has 0 saturated carbocycles. The highest BCUT2D eigenvalue weighted by atomic mass is 15.4. The number of nitrogens with zero attached hydrogens (tertiary/aromatic N) is 2. The van der Waals surface area contributed by atoms with Crippen LogP contribution in [0.4, 0.5) is 5.69 Å². The van der Waals surface area contributed by atoms with E-state index in [0.717, 1.165) is 0 Å². The molecule has 2 nitrogen and oxygen atoms in total. The second kappa shape index (κ2) is 23.4. The van der Waals surface area contributed by atoms with Gasteiger partial charge < -0.3 is 9.80 Å². The third kappa shape index (κ3) is 15.2. The Labute approximate surface area is 238 Å². The molecule has 1 unspecified atom stereocenters. The molecule has 1 aromatic carbocycles. The highest BCUT2D eigenvalue weighted by Gasteiger charge is 2.26. The van der Waals surface area contributed by atoms with Gasteiger partial charge >= 0.3 is 0 Å². The van der Waals surface area contributed by atoms with Gasteiger partial charge in [-0.15, -0.1) is 0 Å². The Morgan fingerprint density at radius 1 is 0.474 bits per heavy atom. The van der Waals surface area contributed by atoms with Crippen LogP contribution in [-0.4, -0.2) is 17.6 Å². The van der Waals surface area contributed by atoms with Crippen molar-refractivity contribution in [1.29, 1.82) is 0 Å². The largest absolute Gasteiger partial charge is 0.356 e. The highest BCUT2D eigenvalue weighted by Crippen LogP contribution is 2.28. The average molecular weight is 525 g/mol. The van der Waals surface area contributed by atoms with E-state index in [-0.39, 0.29) is 0 Å². The van der Waals surface area contributed by atoms with E-state index in [1.807, 2.05) is 0 Å². The lowest BCUT2D eigenvalue weighted by Crippen LogP contribution is -2.39. The van der Waals surface area contributed by atoms with Crippen LogP contribution in [0.15, 0.2) is 42.7 Å². The maximum absolute atomic E-state index is 2.64. The quantitative estimate of drug-likeness (QED) is 0.111. The molecule has 0 fully saturated rings. The number of hydrogen-bond donors (Lipinski definition) is 0. The number of benzene rings is 1. The summed E-state index contributed by atoms with van der Waals surface area (Å²) in [7, 11) is 0. The number of rotatable bonds is 26. The van der Waals surface area contributed by atoms with Crippen LogP contribution in [-0.2, 0) is 0 Å². The standard InChI is InChI=1S/C36H64N2/c1-3-5-7-9-11-13-15-16-18-20-22-27-31-36-37(33-34-38(36)35-29-25-24-26-30-35)32-28-23-21-19-17-14-12-10-8-6-4-2/h24-26,29-30,33-34,36H,3-23,27-28,31-32H2,1-2H3. The van der Waals surface area contributed by atoms with Gasteiger partial charge in [0.15, 0.2) is 0 Å². The lowest BCUT2D eigenvalue weighted by atomic mass is 10.0. The van der Waals surface area contributed by atoms with Crippen LogP contribution in [0.1, 0.15) is 168 Å². The van der Waals surface area contributed by atoms with Gasteiger partial charge in [0.1, 0.15) is 6.17 Å². The van der Waals surface area contributed by atoms with Crippen molar-refractivity contribution in [2.75, 3.05) is 11.4 Å². The summed E-state index contributed by atoms with van der Waals surface area (Å²) < 4.78 is 0. The number of para-hydroxylation sites is 1. The summed E-state index contributed by atoms with van der Waals surface area (Å²) in [6, 6.07) is 11.0. The third-order valence-electron chi connectivity index (χ3n) is 8.51. The summed E-state index contributed by atoms with van der Waals surface area (Å²) in [5.41, 5.74) is 1.34. The fourth-order valence-corrected chi connectivity index (χ4v) is 6.03. The molecule has 1 aliphatic rings. The summed E-state index contributed by atoms with van der Waals surface area (Å²) in [5, 5.41) is 0. The molecule has 1 aromatic rings. The van der Waals surface area contributed by atoms with Gasteiger partial charge in [-0.25, -0.2) is 0 Å². The Hall–Kier alpha value is -1.44. The van der Waals surface area contributed by atoms with Crippen molar-refractivity contribution < 1.29 is 0 Å². The van der Waals surface area contributed by atoms with Crippen molar-refractivity contribution in [1.82, 2.24) is 4.90 Å². The zero-order valence-corrected chi connectivity index (χ0v) is 25.7. The second-order valence-electron chi connectivity index (χ2n) is 12.0. The minimum atomic E-state index is 0.503. The zero-order valence-electron chi connectivity index (χ0n) is 25.7. The molecule has 0 amide bonds. The van der Waals surface area contributed by atoms with E-state index in [1.165, 1.54) is 166 Å². The van der Waals surface area contributed by atoms with E-state index in [4.69, 9.17) is 0 Å². The Morgan fingerprint density at radius 2 is 0.895 bits per heavy atom. The van der Waals surface area contributed by atoms with E-state index in [2.05, 4.69) is 66.4 Å². The minimum Gasteiger partial charge on any atom is -0.356 e. The monoisotopic (exact) mass is 525 g/mol. The zero-order chi connectivity index (χ0) is 26.9. The summed E-state index contributed by atoms with van der Waals surface area (Å²) >= 11 is 0. The fourth-order valence-electron chi connectivity index (χ4n) is 6.03. The van der Waals surface area contributed by atoms with Crippen LogP contribution < -0.4 is 4.90 Å². The first kappa shape index (κ1) is 32.8. The van der Waals surface area contributed by atoms with Crippen LogP contribution in [0.5, 0.6) is 0 Å².